The second kappa shape index (κ2) is 5.74. The van der Waals surface area contributed by atoms with Gasteiger partial charge in [-0.25, -0.2) is 20.8 Å². The molecule has 0 spiro atoms. The number of aromatic nitrogens is 3. The minimum Gasteiger partial charge on any atom is -0.363 e. The highest BCUT2D eigenvalue weighted by atomic mass is 32.1. The molecular weight excluding hydrogens is 248 g/mol. The van der Waals surface area contributed by atoms with Crippen LogP contribution in [0.1, 0.15) is 22.4 Å². The fraction of sp³-hybridized carbons (Fsp3) is 0.364. The predicted octanol–water partition coefficient (Wildman–Crippen LogP) is 1.70. The smallest absolute Gasteiger partial charge is 0.148 e. The molecular formula is C11H16N6S. The van der Waals surface area contributed by atoms with Crippen LogP contribution in [0.4, 0.5) is 11.6 Å². The van der Waals surface area contributed by atoms with Crippen LogP contribution >= 0.6 is 11.3 Å². The molecule has 0 aromatic carbocycles. The normalized spacial score (nSPS) is 10.4. The summed E-state index contributed by atoms with van der Waals surface area (Å²) >= 11 is 1.67. The molecule has 0 radical (unpaired) electrons. The molecule has 7 heteroatoms. The van der Waals surface area contributed by atoms with Crippen LogP contribution in [-0.2, 0) is 13.0 Å². The number of rotatable bonds is 5. The van der Waals surface area contributed by atoms with E-state index in [-0.39, 0.29) is 0 Å². The molecule has 0 saturated heterocycles. The van der Waals surface area contributed by atoms with Crippen LogP contribution in [0, 0.1) is 6.92 Å². The molecule has 0 aliphatic carbocycles. The fourth-order valence-corrected chi connectivity index (χ4v) is 2.39. The monoisotopic (exact) mass is 264 g/mol. The molecule has 0 fully saturated rings. The SMILES string of the molecule is CCc1c(NN)ncnc1NCc1ncc(C)s1. The number of hydrogen-bond donors (Lipinski definition) is 3. The van der Waals surface area contributed by atoms with E-state index >= 15 is 0 Å². The van der Waals surface area contributed by atoms with Gasteiger partial charge in [-0.15, -0.1) is 11.3 Å². The average molecular weight is 264 g/mol. The number of nitrogens with two attached hydrogens (primary N) is 1. The van der Waals surface area contributed by atoms with Gasteiger partial charge >= 0.3 is 0 Å². The van der Waals surface area contributed by atoms with Crippen molar-refractivity contribution in [1.82, 2.24) is 15.0 Å². The van der Waals surface area contributed by atoms with Crippen molar-refractivity contribution < 1.29 is 0 Å². The lowest BCUT2D eigenvalue weighted by Crippen LogP contribution is -2.13. The number of nitrogen functional groups attached to an aromatic ring is 1. The fourth-order valence-electron chi connectivity index (χ4n) is 1.67. The van der Waals surface area contributed by atoms with Crippen molar-refractivity contribution in [3.63, 3.8) is 0 Å². The van der Waals surface area contributed by atoms with E-state index in [1.807, 2.05) is 20.0 Å². The van der Waals surface area contributed by atoms with Gasteiger partial charge in [0.1, 0.15) is 23.0 Å². The Balaban J connectivity index is 2.13. The van der Waals surface area contributed by atoms with E-state index in [4.69, 9.17) is 5.84 Å². The Kier molecular flexibility index (Phi) is 4.06. The second-order valence-electron chi connectivity index (χ2n) is 3.77. The van der Waals surface area contributed by atoms with Crippen LogP contribution < -0.4 is 16.6 Å². The van der Waals surface area contributed by atoms with E-state index in [2.05, 4.69) is 25.7 Å². The highest BCUT2D eigenvalue weighted by Crippen LogP contribution is 2.20. The average Bonchev–Trinajstić information content (AvgIpc) is 2.81. The summed E-state index contributed by atoms with van der Waals surface area (Å²) < 4.78 is 0. The first-order valence-electron chi connectivity index (χ1n) is 5.70. The van der Waals surface area contributed by atoms with E-state index in [0.29, 0.717) is 12.4 Å². The highest BCUT2D eigenvalue weighted by molar-refractivity contribution is 7.11. The molecule has 4 N–H and O–H groups in total. The Morgan fingerprint density at radius 1 is 1.28 bits per heavy atom. The minimum absolute atomic E-state index is 0.658. The van der Waals surface area contributed by atoms with Crippen molar-refractivity contribution in [2.75, 3.05) is 10.7 Å². The van der Waals surface area contributed by atoms with Gasteiger partial charge in [0.15, 0.2) is 0 Å². The lowest BCUT2D eigenvalue weighted by atomic mass is 10.2. The first kappa shape index (κ1) is 12.7. The third-order valence-electron chi connectivity index (χ3n) is 2.51. The maximum atomic E-state index is 5.43. The second-order valence-corrected chi connectivity index (χ2v) is 5.08. The quantitative estimate of drug-likeness (QED) is 0.562. The molecule has 6 nitrogen and oxygen atoms in total. The zero-order chi connectivity index (χ0) is 13.0. The molecule has 18 heavy (non-hydrogen) atoms. The van der Waals surface area contributed by atoms with Gasteiger partial charge in [0.2, 0.25) is 0 Å². The van der Waals surface area contributed by atoms with E-state index in [1.165, 1.54) is 11.2 Å². The molecule has 0 saturated carbocycles. The van der Waals surface area contributed by atoms with Gasteiger partial charge in [0.25, 0.3) is 0 Å². The molecule has 0 atom stereocenters. The summed E-state index contributed by atoms with van der Waals surface area (Å²) in [6.07, 6.45) is 4.17. The highest BCUT2D eigenvalue weighted by Gasteiger charge is 2.09. The summed E-state index contributed by atoms with van der Waals surface area (Å²) in [5.74, 6) is 6.88. The van der Waals surface area contributed by atoms with Gasteiger partial charge in [-0.1, -0.05) is 6.92 Å². The Bertz CT molecular complexity index is 524. The number of thiazole rings is 1. The number of hydrazine groups is 1. The van der Waals surface area contributed by atoms with Crippen molar-refractivity contribution in [1.29, 1.82) is 0 Å². The lowest BCUT2D eigenvalue weighted by Gasteiger charge is -2.11. The Labute approximate surface area is 110 Å². The molecule has 0 bridgehead atoms. The summed E-state index contributed by atoms with van der Waals surface area (Å²) in [4.78, 5) is 13.8. The van der Waals surface area contributed by atoms with E-state index in [1.54, 1.807) is 11.3 Å². The summed E-state index contributed by atoms with van der Waals surface area (Å²) in [5.41, 5.74) is 3.56. The van der Waals surface area contributed by atoms with Gasteiger partial charge in [0.05, 0.1) is 6.54 Å². The van der Waals surface area contributed by atoms with Crippen LogP contribution in [0.2, 0.25) is 0 Å². The molecule has 2 aromatic heterocycles. The van der Waals surface area contributed by atoms with Crippen LogP contribution in [0.5, 0.6) is 0 Å². The maximum absolute atomic E-state index is 5.43. The molecule has 0 aliphatic heterocycles. The molecule has 2 heterocycles. The third-order valence-corrected chi connectivity index (χ3v) is 3.42. The molecule has 2 aromatic rings. The molecule has 96 valence electrons. The Morgan fingerprint density at radius 3 is 2.67 bits per heavy atom. The molecule has 0 aliphatic rings. The van der Waals surface area contributed by atoms with Gasteiger partial charge in [0, 0.05) is 16.6 Å². The summed E-state index contributed by atoms with van der Waals surface area (Å²) in [6.45, 7) is 4.74. The Hall–Kier alpha value is -1.73. The van der Waals surface area contributed by atoms with Gasteiger partial charge in [-0.3, -0.25) is 0 Å². The summed E-state index contributed by atoms with van der Waals surface area (Å²) in [6, 6.07) is 0. The summed E-state index contributed by atoms with van der Waals surface area (Å²) in [7, 11) is 0. The van der Waals surface area contributed by atoms with Crippen molar-refractivity contribution in [3.8, 4) is 0 Å². The zero-order valence-electron chi connectivity index (χ0n) is 10.4. The largest absolute Gasteiger partial charge is 0.363 e. The van der Waals surface area contributed by atoms with Crippen LogP contribution in [0.25, 0.3) is 0 Å². The van der Waals surface area contributed by atoms with Gasteiger partial charge in [-0.05, 0) is 13.3 Å². The zero-order valence-corrected chi connectivity index (χ0v) is 11.2. The lowest BCUT2D eigenvalue weighted by molar-refractivity contribution is 0.998. The van der Waals surface area contributed by atoms with E-state index < -0.39 is 0 Å². The number of nitrogens with zero attached hydrogens (tertiary/aromatic N) is 3. The van der Waals surface area contributed by atoms with Crippen molar-refractivity contribution >= 4 is 23.0 Å². The molecule has 0 amide bonds. The number of aryl methyl sites for hydroxylation is 1. The Morgan fingerprint density at radius 2 is 2.06 bits per heavy atom. The van der Waals surface area contributed by atoms with Gasteiger partial charge in [-0.2, -0.15) is 0 Å². The van der Waals surface area contributed by atoms with Crippen LogP contribution in [0.3, 0.4) is 0 Å². The van der Waals surface area contributed by atoms with Crippen LogP contribution in [0.15, 0.2) is 12.5 Å². The number of anilines is 2. The molecule has 0 unspecified atom stereocenters. The minimum atomic E-state index is 0.658. The standard InChI is InChI=1S/C11H16N6S/c1-3-8-10(15-6-16-11(8)17-12)14-5-9-13-4-7(2)18-9/h4,6H,3,5,12H2,1-2H3,(H2,14,15,16,17). The van der Waals surface area contributed by atoms with E-state index in [9.17, 15) is 0 Å². The maximum Gasteiger partial charge on any atom is 0.148 e. The van der Waals surface area contributed by atoms with Crippen LogP contribution in [-0.4, -0.2) is 15.0 Å². The third kappa shape index (κ3) is 2.74. The van der Waals surface area contributed by atoms with Crippen molar-refractivity contribution in [2.24, 2.45) is 5.84 Å². The predicted molar refractivity (Wildman–Crippen MR) is 73.4 cm³/mol. The van der Waals surface area contributed by atoms with Gasteiger partial charge < -0.3 is 10.7 Å². The number of hydrogen-bond acceptors (Lipinski definition) is 7. The first-order chi connectivity index (χ1) is 8.74. The van der Waals surface area contributed by atoms with Crippen molar-refractivity contribution in [3.05, 3.63) is 28.0 Å². The first-order valence-corrected chi connectivity index (χ1v) is 6.52. The molecule has 2 rings (SSSR count). The van der Waals surface area contributed by atoms with E-state index in [0.717, 1.165) is 22.8 Å². The summed E-state index contributed by atoms with van der Waals surface area (Å²) in [5, 5.41) is 4.31. The van der Waals surface area contributed by atoms with Crippen molar-refractivity contribution in [2.45, 2.75) is 26.8 Å². The number of nitrogens with one attached hydrogen (secondary N) is 2. The topological polar surface area (TPSA) is 88.8 Å².